The van der Waals surface area contributed by atoms with E-state index in [2.05, 4.69) is 15.0 Å². The summed E-state index contributed by atoms with van der Waals surface area (Å²) in [4.78, 5) is 12.0. The van der Waals surface area contributed by atoms with E-state index < -0.39 is 0 Å². The minimum Gasteiger partial charge on any atom is -0.338 e. The Balaban J connectivity index is 2.15. The molecule has 4 heteroatoms. The lowest BCUT2D eigenvalue weighted by molar-refractivity contribution is 1.15. The van der Waals surface area contributed by atoms with Crippen molar-refractivity contribution in [2.75, 3.05) is 0 Å². The van der Waals surface area contributed by atoms with Gasteiger partial charge in [-0.15, -0.1) is 0 Å². The molecule has 0 radical (unpaired) electrons. The van der Waals surface area contributed by atoms with Gasteiger partial charge in [0.1, 0.15) is 10.5 Å². The van der Waals surface area contributed by atoms with Crippen LogP contribution in [0.25, 0.3) is 22.8 Å². The van der Waals surface area contributed by atoms with E-state index in [1.165, 1.54) is 0 Å². The number of hydrogen-bond donors (Lipinski definition) is 1. The number of aromatic nitrogens is 3. The van der Waals surface area contributed by atoms with Crippen LogP contribution in [0.2, 0.25) is 0 Å². The van der Waals surface area contributed by atoms with Crippen LogP contribution in [-0.4, -0.2) is 15.0 Å². The molecule has 92 valence electrons. The van der Waals surface area contributed by atoms with Crippen LogP contribution < -0.4 is 0 Å². The van der Waals surface area contributed by atoms with Crippen molar-refractivity contribution < 1.29 is 0 Å². The summed E-state index contributed by atoms with van der Waals surface area (Å²) in [5, 5.41) is 0. The van der Waals surface area contributed by atoms with E-state index in [1.54, 1.807) is 6.20 Å². The van der Waals surface area contributed by atoms with E-state index in [9.17, 15) is 0 Å². The van der Waals surface area contributed by atoms with Crippen molar-refractivity contribution >= 4 is 12.2 Å². The molecule has 0 aliphatic heterocycles. The van der Waals surface area contributed by atoms with Gasteiger partial charge in [0, 0.05) is 17.8 Å². The molecule has 1 N–H and O–H groups in total. The SMILES string of the molecule is S=c1cc(-c2ccccn2)[nH]c(-c2ccccc2)n1. The van der Waals surface area contributed by atoms with Crippen molar-refractivity contribution in [1.29, 1.82) is 0 Å². The number of benzene rings is 1. The molecule has 0 saturated heterocycles. The maximum absolute atomic E-state index is 5.23. The third kappa shape index (κ3) is 2.58. The highest BCUT2D eigenvalue weighted by Crippen LogP contribution is 2.19. The zero-order valence-corrected chi connectivity index (χ0v) is 10.9. The summed E-state index contributed by atoms with van der Waals surface area (Å²) in [6, 6.07) is 17.5. The van der Waals surface area contributed by atoms with Gasteiger partial charge in [0.15, 0.2) is 0 Å². The first-order valence-corrected chi connectivity index (χ1v) is 6.32. The lowest BCUT2D eigenvalue weighted by atomic mass is 10.2. The van der Waals surface area contributed by atoms with E-state index in [0.29, 0.717) is 4.64 Å². The Morgan fingerprint density at radius 2 is 1.74 bits per heavy atom. The normalized spacial score (nSPS) is 10.3. The van der Waals surface area contributed by atoms with Crippen LogP contribution in [0.15, 0.2) is 60.8 Å². The third-order valence-corrected chi connectivity index (χ3v) is 2.94. The quantitative estimate of drug-likeness (QED) is 0.715. The average molecular weight is 265 g/mol. The van der Waals surface area contributed by atoms with Crippen LogP contribution in [0.5, 0.6) is 0 Å². The lowest BCUT2D eigenvalue weighted by Crippen LogP contribution is -1.93. The third-order valence-electron chi connectivity index (χ3n) is 2.73. The molecule has 0 unspecified atom stereocenters. The number of nitrogens with one attached hydrogen (secondary N) is 1. The summed E-state index contributed by atoms with van der Waals surface area (Å²) in [5.41, 5.74) is 2.74. The number of aromatic amines is 1. The molecule has 0 saturated carbocycles. The van der Waals surface area contributed by atoms with Crippen LogP contribution in [0.4, 0.5) is 0 Å². The maximum Gasteiger partial charge on any atom is 0.139 e. The Bertz CT molecular complexity index is 675. The fourth-order valence-electron chi connectivity index (χ4n) is 1.85. The molecule has 3 rings (SSSR count). The number of pyridine rings is 1. The van der Waals surface area contributed by atoms with Gasteiger partial charge in [0.05, 0.1) is 11.4 Å². The maximum atomic E-state index is 5.23. The Kier molecular flexibility index (Phi) is 3.16. The molecule has 0 amide bonds. The van der Waals surface area contributed by atoms with Crippen molar-refractivity contribution in [2.24, 2.45) is 0 Å². The highest BCUT2D eigenvalue weighted by atomic mass is 32.1. The van der Waals surface area contributed by atoms with Crippen molar-refractivity contribution in [1.82, 2.24) is 15.0 Å². The van der Waals surface area contributed by atoms with E-state index in [0.717, 1.165) is 22.8 Å². The van der Waals surface area contributed by atoms with E-state index >= 15 is 0 Å². The van der Waals surface area contributed by atoms with Gasteiger partial charge < -0.3 is 4.98 Å². The van der Waals surface area contributed by atoms with E-state index in [1.807, 2.05) is 54.6 Å². The molecule has 1 aromatic carbocycles. The number of nitrogens with zero attached hydrogens (tertiary/aromatic N) is 2. The Labute approximate surface area is 116 Å². The first-order chi connectivity index (χ1) is 9.33. The average Bonchev–Trinajstić information content (AvgIpc) is 2.48. The molecular weight excluding hydrogens is 254 g/mol. The second-order valence-electron chi connectivity index (χ2n) is 4.06. The molecule has 3 aromatic rings. The lowest BCUT2D eigenvalue weighted by Gasteiger charge is -2.05. The van der Waals surface area contributed by atoms with Crippen molar-refractivity contribution in [3.05, 3.63) is 65.4 Å². The zero-order chi connectivity index (χ0) is 13.1. The Morgan fingerprint density at radius 3 is 2.47 bits per heavy atom. The number of rotatable bonds is 2. The summed E-state index contributed by atoms with van der Waals surface area (Å²) < 4.78 is 0.554. The first kappa shape index (κ1) is 11.7. The summed E-state index contributed by atoms with van der Waals surface area (Å²) >= 11 is 5.23. The Hall–Kier alpha value is -2.33. The molecule has 19 heavy (non-hydrogen) atoms. The van der Waals surface area contributed by atoms with Crippen molar-refractivity contribution in [2.45, 2.75) is 0 Å². The second-order valence-corrected chi connectivity index (χ2v) is 4.48. The minimum absolute atomic E-state index is 0.554. The zero-order valence-electron chi connectivity index (χ0n) is 10.1. The van der Waals surface area contributed by atoms with E-state index in [4.69, 9.17) is 12.2 Å². The molecule has 0 aliphatic rings. The standard InChI is InChI=1S/C15H11N3S/c19-14-10-13(12-8-4-5-9-16-12)17-15(18-14)11-6-2-1-3-7-11/h1-10H,(H,17,18,19). The summed E-state index contributed by atoms with van der Waals surface area (Å²) in [5.74, 6) is 0.758. The Morgan fingerprint density at radius 1 is 0.947 bits per heavy atom. The molecule has 0 aliphatic carbocycles. The summed E-state index contributed by atoms with van der Waals surface area (Å²) in [6.07, 6.45) is 1.76. The van der Waals surface area contributed by atoms with Gasteiger partial charge >= 0.3 is 0 Å². The first-order valence-electron chi connectivity index (χ1n) is 5.91. The molecular formula is C15H11N3S. The molecule has 0 bridgehead atoms. The fraction of sp³-hybridized carbons (Fsp3) is 0. The van der Waals surface area contributed by atoms with Gasteiger partial charge in [-0.1, -0.05) is 48.6 Å². The van der Waals surface area contributed by atoms with Crippen LogP contribution in [0, 0.1) is 4.64 Å². The second kappa shape index (κ2) is 5.12. The molecule has 3 nitrogen and oxygen atoms in total. The van der Waals surface area contributed by atoms with E-state index in [-0.39, 0.29) is 0 Å². The molecule has 2 aromatic heterocycles. The number of hydrogen-bond acceptors (Lipinski definition) is 3. The fourth-order valence-corrected chi connectivity index (χ4v) is 2.06. The highest BCUT2D eigenvalue weighted by molar-refractivity contribution is 7.71. The smallest absolute Gasteiger partial charge is 0.139 e. The summed E-state index contributed by atoms with van der Waals surface area (Å²) in [6.45, 7) is 0. The van der Waals surface area contributed by atoms with Crippen molar-refractivity contribution in [3.63, 3.8) is 0 Å². The number of H-pyrrole nitrogens is 1. The molecule has 0 spiro atoms. The predicted octanol–water partition coefficient (Wildman–Crippen LogP) is 3.87. The van der Waals surface area contributed by atoms with Crippen LogP contribution >= 0.6 is 12.2 Å². The molecule has 0 atom stereocenters. The van der Waals surface area contributed by atoms with Crippen LogP contribution in [-0.2, 0) is 0 Å². The van der Waals surface area contributed by atoms with Gasteiger partial charge in [-0.05, 0) is 12.1 Å². The van der Waals surface area contributed by atoms with Gasteiger partial charge in [-0.25, -0.2) is 4.98 Å². The highest BCUT2D eigenvalue weighted by Gasteiger charge is 2.04. The monoisotopic (exact) mass is 265 g/mol. The van der Waals surface area contributed by atoms with Gasteiger partial charge in [-0.2, -0.15) is 0 Å². The topological polar surface area (TPSA) is 41.6 Å². The van der Waals surface area contributed by atoms with Gasteiger partial charge in [0.2, 0.25) is 0 Å². The van der Waals surface area contributed by atoms with Crippen molar-refractivity contribution in [3.8, 4) is 22.8 Å². The van der Waals surface area contributed by atoms with Gasteiger partial charge in [0.25, 0.3) is 0 Å². The van der Waals surface area contributed by atoms with Crippen LogP contribution in [0.1, 0.15) is 0 Å². The predicted molar refractivity (Wildman–Crippen MR) is 78.1 cm³/mol. The molecule has 2 heterocycles. The summed E-state index contributed by atoms with van der Waals surface area (Å²) in [7, 11) is 0. The van der Waals surface area contributed by atoms with Gasteiger partial charge in [-0.3, -0.25) is 4.98 Å². The molecule has 0 fully saturated rings. The minimum atomic E-state index is 0.554. The van der Waals surface area contributed by atoms with Crippen LogP contribution in [0.3, 0.4) is 0 Å². The largest absolute Gasteiger partial charge is 0.338 e.